The number of aryl methyl sites for hydroxylation is 1. The third kappa shape index (κ3) is 19.6. The van der Waals surface area contributed by atoms with Gasteiger partial charge in [0.25, 0.3) is 0 Å². The number of hydrogen-bond acceptors (Lipinski definition) is 2. The molecule has 0 unspecified atom stereocenters. The molecule has 2 aliphatic carbocycles. The lowest BCUT2D eigenvalue weighted by Gasteiger charge is -2.31. The van der Waals surface area contributed by atoms with E-state index in [2.05, 4.69) is 39.3 Å². The van der Waals surface area contributed by atoms with Crippen LogP contribution < -0.4 is 0 Å². The van der Waals surface area contributed by atoms with Crippen molar-refractivity contribution in [2.45, 2.75) is 146 Å². The minimum absolute atomic E-state index is 0.0203. The second kappa shape index (κ2) is 24.6. The molecule has 2 nitrogen and oxygen atoms in total. The van der Waals surface area contributed by atoms with Crippen molar-refractivity contribution in [1.82, 2.24) is 0 Å². The first-order chi connectivity index (χ1) is 21.0. The zero-order valence-electron chi connectivity index (χ0n) is 29.9. The Balaban J connectivity index is 0. The highest BCUT2D eigenvalue weighted by Crippen LogP contribution is 2.36. The Morgan fingerprint density at radius 1 is 1.02 bits per heavy atom. The highest BCUT2D eigenvalue weighted by molar-refractivity contribution is 6.36. The number of nitrogens with zero attached hydrogens (tertiary/aromatic N) is 1. The Morgan fingerprint density at radius 3 is 1.84 bits per heavy atom. The van der Waals surface area contributed by atoms with E-state index in [1.54, 1.807) is 0 Å². The summed E-state index contributed by atoms with van der Waals surface area (Å²) in [6.07, 6.45) is 13.6. The van der Waals surface area contributed by atoms with Crippen molar-refractivity contribution in [3.05, 3.63) is 56.6 Å². The highest BCUT2D eigenvalue weighted by atomic mass is 35.5. The van der Waals surface area contributed by atoms with Crippen molar-refractivity contribution >= 4 is 35.7 Å². The quantitative estimate of drug-likeness (QED) is 0.168. The average Bonchev–Trinajstić information content (AvgIpc) is 3.01. The van der Waals surface area contributed by atoms with Crippen molar-refractivity contribution in [3.63, 3.8) is 0 Å². The van der Waals surface area contributed by atoms with Crippen LogP contribution in [0.2, 0.25) is 10.0 Å². The van der Waals surface area contributed by atoms with Gasteiger partial charge in [-0.1, -0.05) is 116 Å². The van der Waals surface area contributed by atoms with Crippen LogP contribution in [0.15, 0.2) is 40.4 Å². The Kier molecular flexibility index (Phi) is 24.9. The molecule has 0 spiro atoms. The number of aldehydes is 1. The first-order valence-electron chi connectivity index (χ1n) is 16.8. The number of aliphatic imine (C=N–C) groups is 1. The van der Waals surface area contributed by atoms with Crippen molar-refractivity contribution in [3.8, 4) is 0 Å². The summed E-state index contributed by atoms with van der Waals surface area (Å²) in [4.78, 5) is 14.1. The minimum atomic E-state index is -4.31. The molecule has 1 aromatic rings. The van der Waals surface area contributed by atoms with Crippen LogP contribution in [0, 0.1) is 24.2 Å². The first kappa shape index (κ1) is 45.5. The summed E-state index contributed by atoms with van der Waals surface area (Å²) in [7, 11) is 1.42. The fraction of sp³-hybridized carbons (Fsp3) is 0.684. The summed E-state index contributed by atoms with van der Waals surface area (Å²) in [5, 5.41) is 1.59. The van der Waals surface area contributed by atoms with Crippen molar-refractivity contribution < 1.29 is 18.0 Å². The van der Waals surface area contributed by atoms with E-state index in [0.717, 1.165) is 71.9 Å². The first-order valence-corrected chi connectivity index (χ1v) is 17.6. The van der Waals surface area contributed by atoms with Crippen LogP contribution in [0.1, 0.15) is 137 Å². The van der Waals surface area contributed by atoms with Crippen LogP contribution in [-0.2, 0) is 11.2 Å². The lowest BCUT2D eigenvalue weighted by atomic mass is 9.73. The van der Waals surface area contributed by atoms with Crippen molar-refractivity contribution in [2.75, 3.05) is 7.05 Å². The van der Waals surface area contributed by atoms with Crippen molar-refractivity contribution in [1.29, 1.82) is 0 Å². The molecule has 0 saturated heterocycles. The van der Waals surface area contributed by atoms with E-state index in [4.69, 9.17) is 23.2 Å². The number of carbonyl (C=O) groups is 1. The Labute approximate surface area is 284 Å². The summed E-state index contributed by atoms with van der Waals surface area (Å²) >= 11 is 12.1. The molecule has 45 heavy (non-hydrogen) atoms. The van der Waals surface area contributed by atoms with Gasteiger partial charge in [-0.25, -0.2) is 0 Å². The zero-order chi connectivity index (χ0) is 35.2. The minimum Gasteiger partial charge on any atom is -0.303 e. The van der Waals surface area contributed by atoms with Crippen LogP contribution in [0.3, 0.4) is 0 Å². The maximum atomic E-state index is 12.2. The SMILES string of the molecule is C=C(C)/C(C=NC)=C(/C)C(F)(F)F.CC.CC1CCC(C)(C=O)CC1.CCC1CCCCC1.CCCc1c(Cl)cc(C)cc1Cl. The van der Waals surface area contributed by atoms with Gasteiger partial charge in [-0.3, -0.25) is 4.99 Å². The van der Waals surface area contributed by atoms with E-state index >= 15 is 0 Å². The standard InChI is InChI=1S/C10H12Cl2.C9H12F3N.C9H16O.C8H16.C2H6/c1-3-4-8-9(11)5-7(2)6-10(8)12;1-6(2)8(5-13-4)7(3)9(10,11)12;1-8-3-5-9(2,7-10)6-4-8;1-2-8-6-4-3-5-7-8;1-2/h5-6H,3-4H2,1-2H3;5H,1H2,2-4H3;7-8H,3-6H2,1-2H3;8H,2-7H2,1H3;1-2H3/b;8-7-,13-5?;;;. The number of halogens is 5. The number of hydrogen-bond donors (Lipinski definition) is 0. The molecule has 2 saturated carbocycles. The van der Waals surface area contributed by atoms with Crippen LogP contribution in [0.25, 0.3) is 0 Å². The Morgan fingerprint density at radius 2 is 1.51 bits per heavy atom. The van der Waals surface area contributed by atoms with Gasteiger partial charge in [0.05, 0.1) is 0 Å². The van der Waals surface area contributed by atoms with Gasteiger partial charge < -0.3 is 4.79 Å². The average molecular weight is 677 g/mol. The molecule has 0 heterocycles. The largest absolute Gasteiger partial charge is 0.413 e. The molecular weight excluding hydrogens is 614 g/mol. The maximum absolute atomic E-state index is 12.2. The molecule has 2 fully saturated rings. The second-order valence-electron chi connectivity index (χ2n) is 12.5. The normalized spacial score (nSPS) is 20.5. The molecule has 0 N–H and O–H groups in total. The van der Waals surface area contributed by atoms with E-state index in [1.807, 2.05) is 32.9 Å². The highest BCUT2D eigenvalue weighted by Gasteiger charge is 2.32. The van der Waals surface area contributed by atoms with E-state index in [1.165, 1.54) is 71.6 Å². The van der Waals surface area contributed by atoms with Gasteiger partial charge in [-0.15, -0.1) is 0 Å². The van der Waals surface area contributed by atoms with Gasteiger partial charge in [0.1, 0.15) is 6.29 Å². The molecule has 0 aliphatic heterocycles. The Hall–Kier alpha value is -1.59. The van der Waals surface area contributed by atoms with Crippen LogP contribution >= 0.6 is 23.2 Å². The fourth-order valence-electron chi connectivity index (χ4n) is 5.16. The van der Waals surface area contributed by atoms with Crippen LogP contribution in [-0.4, -0.2) is 25.7 Å². The van der Waals surface area contributed by atoms with E-state index in [9.17, 15) is 18.0 Å². The number of carbonyl (C=O) groups excluding carboxylic acids is 1. The maximum Gasteiger partial charge on any atom is 0.413 e. The van der Waals surface area contributed by atoms with Gasteiger partial charge in [0.2, 0.25) is 0 Å². The smallest absolute Gasteiger partial charge is 0.303 e. The third-order valence-corrected chi connectivity index (χ3v) is 9.01. The number of rotatable bonds is 6. The molecular formula is C38H62Cl2F3NO. The number of benzene rings is 1. The summed E-state index contributed by atoms with van der Waals surface area (Å²) in [6.45, 7) is 20.8. The third-order valence-electron chi connectivity index (χ3n) is 8.34. The lowest BCUT2D eigenvalue weighted by Crippen LogP contribution is -2.24. The zero-order valence-corrected chi connectivity index (χ0v) is 31.4. The summed E-state index contributed by atoms with van der Waals surface area (Å²) < 4.78 is 36.7. The van der Waals surface area contributed by atoms with E-state index < -0.39 is 11.7 Å². The second-order valence-corrected chi connectivity index (χ2v) is 13.3. The number of alkyl halides is 3. The van der Waals surface area contributed by atoms with E-state index in [-0.39, 0.29) is 11.0 Å². The summed E-state index contributed by atoms with van der Waals surface area (Å²) in [6, 6.07) is 3.91. The molecule has 3 rings (SSSR count). The predicted molar refractivity (Wildman–Crippen MR) is 193 cm³/mol. The molecule has 0 aromatic heterocycles. The summed E-state index contributed by atoms with van der Waals surface area (Å²) in [5.41, 5.74) is 1.96. The van der Waals surface area contributed by atoms with Crippen molar-refractivity contribution in [2.24, 2.45) is 22.2 Å². The topological polar surface area (TPSA) is 29.4 Å². The predicted octanol–water partition coefficient (Wildman–Crippen LogP) is 13.8. The molecule has 0 atom stereocenters. The molecule has 7 heteroatoms. The van der Waals surface area contributed by atoms with Gasteiger partial charge in [0.15, 0.2) is 0 Å². The van der Waals surface area contributed by atoms with Crippen LogP contribution in [0.4, 0.5) is 13.2 Å². The Bertz CT molecular complexity index is 1010. The summed E-state index contributed by atoms with van der Waals surface area (Å²) in [5.74, 6) is 1.93. The number of allylic oxidation sites excluding steroid dienone is 3. The molecule has 2 aliphatic rings. The molecule has 1 aromatic carbocycles. The van der Waals surface area contributed by atoms with Gasteiger partial charge in [-0.2, -0.15) is 13.2 Å². The van der Waals surface area contributed by atoms with E-state index in [0.29, 0.717) is 5.57 Å². The van der Waals surface area contributed by atoms with Gasteiger partial charge in [0, 0.05) is 39.9 Å². The molecule has 0 radical (unpaired) electrons. The monoisotopic (exact) mass is 675 g/mol. The lowest BCUT2D eigenvalue weighted by molar-refractivity contribution is -0.117. The van der Waals surface area contributed by atoms with Crippen LogP contribution in [0.5, 0.6) is 0 Å². The molecule has 260 valence electrons. The van der Waals surface area contributed by atoms with Gasteiger partial charge in [-0.05, 0) is 93.5 Å². The molecule has 0 amide bonds. The fourth-order valence-corrected chi connectivity index (χ4v) is 5.95. The van der Waals surface area contributed by atoms with Gasteiger partial charge >= 0.3 is 6.18 Å². The molecule has 0 bridgehead atoms.